The summed E-state index contributed by atoms with van der Waals surface area (Å²) in [5.74, 6) is 3.14. The lowest BCUT2D eigenvalue weighted by Crippen LogP contribution is -2.18. The number of hydrogen-bond acceptors (Lipinski definition) is 10. The monoisotopic (exact) mass is 1650 g/mol. The van der Waals surface area contributed by atoms with Crippen molar-refractivity contribution in [3.05, 3.63) is 47.5 Å². The second-order valence-electron chi connectivity index (χ2n) is 35.2. The molecule has 0 unspecified atom stereocenters. The molecule has 0 aromatic heterocycles. The number of methoxy groups -OCH3 is 2. The summed E-state index contributed by atoms with van der Waals surface area (Å²) in [6.07, 6.45) is 90.3. The summed E-state index contributed by atoms with van der Waals surface area (Å²) in [4.78, 5) is 30.7. The largest absolute Gasteiger partial charge is 0.493 e. The van der Waals surface area contributed by atoms with Gasteiger partial charge >= 0.3 is 0 Å². The maximum Gasteiger partial charge on any atom is 0.256 e. The van der Waals surface area contributed by atoms with Gasteiger partial charge in [-0.25, -0.2) is 0 Å². The van der Waals surface area contributed by atoms with E-state index in [1.54, 1.807) is 26.4 Å². The first-order valence-corrected chi connectivity index (χ1v) is 51.3. The lowest BCUT2D eigenvalue weighted by Gasteiger charge is -2.20. The van der Waals surface area contributed by atoms with Crippen LogP contribution in [0, 0.1) is 0 Å². The Bertz CT molecular complexity index is 2470. The average molecular weight is 1650 g/mol. The smallest absolute Gasteiger partial charge is 0.256 e. The van der Waals surface area contributed by atoms with Gasteiger partial charge in [-0.1, -0.05) is 465 Å². The number of anilines is 2. The number of unbranched alkanes of at least 4 members (excludes halogenated alkanes) is 66. The van der Waals surface area contributed by atoms with Crippen LogP contribution in [-0.4, -0.2) is 65.7 Å². The number of hydrogen-bond donors (Lipinski definition) is 2. The number of benzene rings is 3. The van der Waals surface area contributed by atoms with Gasteiger partial charge < -0.3 is 48.5 Å². The highest BCUT2D eigenvalue weighted by molar-refractivity contribution is 6.11. The Balaban J connectivity index is 2.05. The van der Waals surface area contributed by atoms with Crippen LogP contribution < -0.4 is 48.5 Å². The molecule has 0 aliphatic carbocycles. The van der Waals surface area contributed by atoms with Gasteiger partial charge in [0.25, 0.3) is 11.8 Å². The van der Waals surface area contributed by atoms with Gasteiger partial charge in [0.2, 0.25) is 11.5 Å². The predicted octanol–water partition coefficient (Wildman–Crippen LogP) is 34.7. The number of carbonyl (C=O) groups excluding carboxylic acids is 2. The van der Waals surface area contributed by atoms with E-state index in [4.69, 9.17) is 37.9 Å². The van der Waals surface area contributed by atoms with E-state index in [-0.39, 0.29) is 0 Å². The Kier molecular flexibility index (Phi) is 73.0. The molecule has 2 amide bonds. The fourth-order valence-corrected chi connectivity index (χ4v) is 16.3. The SMILES string of the molecule is CCCCCCCCCCCCCCOc1cc(C(=O)Nc2cc(OC)c(OC)cc2NC(=O)c2cc(OCCCCCCCCCCCCCC)c(OCCCCCCCCCCCCCC)c(OCCCCCCCCCCCCCC)c2)cc(OCCCCCCCCCCCCCC)c1OCCCCCCCCCCCCCC. The van der Waals surface area contributed by atoms with Crippen LogP contribution in [-0.2, 0) is 0 Å². The maximum atomic E-state index is 15.4. The first-order valence-electron chi connectivity index (χ1n) is 51.3. The number of amides is 2. The Morgan fingerprint density at radius 3 is 0.492 bits per heavy atom. The van der Waals surface area contributed by atoms with Gasteiger partial charge in [-0.15, -0.1) is 0 Å². The van der Waals surface area contributed by atoms with Crippen LogP contribution >= 0.6 is 0 Å². The van der Waals surface area contributed by atoms with Crippen molar-refractivity contribution in [3.63, 3.8) is 0 Å². The van der Waals surface area contributed by atoms with Crippen LogP contribution in [0.25, 0.3) is 0 Å². The molecule has 118 heavy (non-hydrogen) atoms. The van der Waals surface area contributed by atoms with Crippen molar-refractivity contribution in [2.75, 3.05) is 64.5 Å². The van der Waals surface area contributed by atoms with Gasteiger partial charge in [0.15, 0.2) is 34.5 Å². The van der Waals surface area contributed by atoms with Crippen LogP contribution in [0.2, 0.25) is 0 Å². The van der Waals surface area contributed by atoms with E-state index in [1.807, 2.05) is 24.3 Å². The molecule has 0 atom stereocenters. The summed E-state index contributed by atoms with van der Waals surface area (Å²) in [5, 5.41) is 6.46. The molecule has 0 fully saturated rings. The number of carbonyl (C=O) groups is 2. The quantitative estimate of drug-likeness (QED) is 0.0527. The highest BCUT2D eigenvalue weighted by Gasteiger charge is 2.25. The Hall–Kier alpha value is -5.00. The molecule has 0 saturated heterocycles. The normalized spacial score (nSPS) is 11.4. The maximum absolute atomic E-state index is 15.4. The highest BCUT2D eigenvalue weighted by atomic mass is 16.6. The summed E-state index contributed by atoms with van der Waals surface area (Å²) in [5.41, 5.74) is 1.36. The zero-order chi connectivity index (χ0) is 84.6. The Labute approximate surface area is 728 Å². The molecule has 0 spiro atoms. The molecular formula is C106H188N2O10. The van der Waals surface area contributed by atoms with Gasteiger partial charge in [0, 0.05) is 23.3 Å². The molecule has 0 radical (unpaired) electrons. The molecule has 0 aliphatic rings. The molecule has 0 aliphatic heterocycles. The van der Waals surface area contributed by atoms with Crippen LogP contribution in [0.3, 0.4) is 0 Å². The lowest BCUT2D eigenvalue weighted by atomic mass is 10.1. The van der Waals surface area contributed by atoms with Gasteiger partial charge in [-0.2, -0.15) is 0 Å². The van der Waals surface area contributed by atoms with Gasteiger partial charge in [0.05, 0.1) is 65.2 Å². The number of nitrogens with one attached hydrogen (secondary N) is 2. The second kappa shape index (κ2) is 80.4. The van der Waals surface area contributed by atoms with Gasteiger partial charge in [-0.05, 0) is 62.8 Å². The molecular weight excluding hydrogens is 1460 g/mol. The summed E-state index contributed by atoms with van der Waals surface area (Å²) in [6, 6.07) is 10.7. The topological polar surface area (TPSA) is 132 Å². The minimum Gasteiger partial charge on any atom is -0.493 e. The summed E-state index contributed by atoms with van der Waals surface area (Å²) >= 11 is 0. The van der Waals surface area contributed by atoms with E-state index in [9.17, 15) is 0 Å². The predicted molar refractivity (Wildman–Crippen MR) is 508 cm³/mol. The van der Waals surface area contributed by atoms with Crippen LogP contribution in [0.4, 0.5) is 11.4 Å². The molecule has 12 nitrogen and oxygen atoms in total. The minimum atomic E-state index is -0.405. The molecule has 3 aromatic rings. The Morgan fingerprint density at radius 1 is 0.195 bits per heavy atom. The van der Waals surface area contributed by atoms with Crippen molar-refractivity contribution in [1.29, 1.82) is 0 Å². The summed E-state index contributed by atoms with van der Waals surface area (Å²) < 4.78 is 52.7. The third kappa shape index (κ3) is 57.4. The average Bonchev–Trinajstić information content (AvgIpc) is 0.806. The fourth-order valence-electron chi connectivity index (χ4n) is 16.3. The molecule has 12 heteroatoms. The third-order valence-electron chi connectivity index (χ3n) is 24.1. The molecule has 0 heterocycles. The standard InChI is InChI=1S/C106H188N2O10/c1-9-15-21-27-33-39-45-51-57-63-69-75-81-113-99-87-93(88-100(114-82-76-70-64-58-52-46-40-34-28-22-16-10-2)103(99)117-85-79-73-67-61-55-49-43-37-31-25-19-13-5)105(109)107-95-91-97(111-7)98(112-8)92-96(95)108-106(110)94-89-101(115-83-77-71-65-59-53-47-41-35-29-23-17-11-3)104(118-86-80-74-68-62-56-50-44-38-32-26-20-14-6)102(90-94)116-84-78-72-66-60-54-48-42-36-30-24-18-12-4/h87-92H,9-86H2,1-8H3,(H,107,109)(H,108,110). The minimum absolute atomic E-state index is 0.329. The highest BCUT2D eigenvalue weighted by Crippen LogP contribution is 2.44. The van der Waals surface area contributed by atoms with Crippen molar-refractivity contribution in [2.24, 2.45) is 0 Å². The van der Waals surface area contributed by atoms with Crippen molar-refractivity contribution < 1.29 is 47.5 Å². The Morgan fingerprint density at radius 2 is 0.339 bits per heavy atom. The van der Waals surface area contributed by atoms with E-state index in [1.165, 1.54) is 385 Å². The number of rotatable bonds is 90. The van der Waals surface area contributed by atoms with Gasteiger partial charge in [0.1, 0.15) is 0 Å². The summed E-state index contributed by atoms with van der Waals surface area (Å²) in [6.45, 7) is 16.7. The van der Waals surface area contributed by atoms with Crippen molar-refractivity contribution in [2.45, 2.75) is 504 Å². The fraction of sp³-hybridized carbons (Fsp3) is 0.811. The van der Waals surface area contributed by atoms with E-state index in [0.717, 1.165) is 77.0 Å². The molecule has 2 N–H and O–H groups in total. The first kappa shape index (κ1) is 107. The van der Waals surface area contributed by atoms with Crippen LogP contribution in [0.15, 0.2) is 36.4 Å². The first-order chi connectivity index (χ1) is 58.3. The zero-order valence-corrected chi connectivity index (χ0v) is 78.7. The van der Waals surface area contributed by atoms with Crippen molar-refractivity contribution in [1.82, 2.24) is 0 Å². The molecule has 3 aromatic carbocycles. The van der Waals surface area contributed by atoms with Crippen molar-refractivity contribution in [3.8, 4) is 46.0 Å². The second-order valence-corrected chi connectivity index (χ2v) is 35.2. The van der Waals surface area contributed by atoms with Crippen molar-refractivity contribution >= 4 is 23.2 Å². The zero-order valence-electron chi connectivity index (χ0n) is 78.7. The van der Waals surface area contributed by atoms with E-state index in [0.29, 0.717) is 108 Å². The molecule has 682 valence electrons. The molecule has 3 rings (SSSR count). The van der Waals surface area contributed by atoms with E-state index in [2.05, 4.69) is 52.2 Å². The van der Waals surface area contributed by atoms with Crippen LogP contribution in [0.1, 0.15) is 525 Å². The van der Waals surface area contributed by atoms with Gasteiger partial charge in [-0.3, -0.25) is 9.59 Å². The van der Waals surface area contributed by atoms with E-state index >= 15 is 9.59 Å². The van der Waals surface area contributed by atoms with Crippen LogP contribution in [0.5, 0.6) is 46.0 Å². The lowest BCUT2D eigenvalue weighted by molar-refractivity contribution is 0.101. The molecule has 0 saturated carbocycles. The molecule has 0 bridgehead atoms. The van der Waals surface area contributed by atoms with E-state index < -0.39 is 11.8 Å². The third-order valence-corrected chi connectivity index (χ3v) is 24.1. The summed E-state index contributed by atoms with van der Waals surface area (Å²) in [7, 11) is 3.16. The number of ether oxygens (including phenoxy) is 8.